The van der Waals surface area contributed by atoms with E-state index < -0.39 is 0 Å². The highest BCUT2D eigenvalue weighted by atomic mass is 19.1. The smallest absolute Gasteiger partial charge is 0.309 e. The van der Waals surface area contributed by atoms with Gasteiger partial charge in [-0.1, -0.05) is 12.1 Å². The van der Waals surface area contributed by atoms with Gasteiger partial charge in [-0.2, -0.15) is 0 Å². The van der Waals surface area contributed by atoms with E-state index in [4.69, 9.17) is 4.74 Å². The number of esters is 1. The van der Waals surface area contributed by atoms with Gasteiger partial charge in [0.1, 0.15) is 5.82 Å². The molecule has 1 saturated heterocycles. The fourth-order valence-corrected chi connectivity index (χ4v) is 3.22. The molecule has 0 saturated carbocycles. The molecule has 8 heteroatoms. The lowest BCUT2D eigenvalue weighted by Crippen LogP contribution is -2.47. The van der Waals surface area contributed by atoms with Gasteiger partial charge in [0.25, 0.3) is 0 Å². The zero-order valence-corrected chi connectivity index (χ0v) is 17.2. The van der Waals surface area contributed by atoms with Crippen LogP contribution in [-0.2, 0) is 20.7 Å². The lowest BCUT2D eigenvalue weighted by Gasteiger charge is -2.33. The topological polar surface area (TPSA) is 83.0 Å². The first-order chi connectivity index (χ1) is 14.0. The fraction of sp³-hybridized carbons (Fsp3) is 0.571. The molecule has 0 radical (unpaired) electrons. The Labute approximate surface area is 171 Å². The lowest BCUT2D eigenvalue weighted by molar-refractivity contribution is -0.149. The van der Waals surface area contributed by atoms with Gasteiger partial charge in [-0.25, -0.2) is 4.39 Å². The van der Waals surface area contributed by atoms with Gasteiger partial charge in [-0.05, 0) is 44.4 Å². The maximum absolute atomic E-state index is 12.9. The highest BCUT2D eigenvalue weighted by Crippen LogP contribution is 2.18. The maximum atomic E-state index is 12.9. The summed E-state index contributed by atoms with van der Waals surface area (Å²) >= 11 is 0. The van der Waals surface area contributed by atoms with Crippen LogP contribution in [0.1, 0.15) is 32.3 Å². The lowest BCUT2D eigenvalue weighted by atomic mass is 9.97. The van der Waals surface area contributed by atoms with E-state index in [1.54, 1.807) is 12.1 Å². The number of hydrogen-bond acceptors (Lipinski definition) is 4. The maximum Gasteiger partial charge on any atom is 0.309 e. The SMILES string of the molecule is CCNC(=NCCNC(=O)Cc1ccc(F)cc1)N1CCC(C(=O)OCC)CC1. The van der Waals surface area contributed by atoms with Crippen LogP contribution in [0.5, 0.6) is 0 Å². The van der Waals surface area contributed by atoms with E-state index in [0.29, 0.717) is 19.7 Å². The van der Waals surface area contributed by atoms with E-state index in [9.17, 15) is 14.0 Å². The first-order valence-corrected chi connectivity index (χ1v) is 10.2. The van der Waals surface area contributed by atoms with Crippen LogP contribution in [0.3, 0.4) is 0 Å². The number of carbonyl (C=O) groups excluding carboxylic acids is 2. The van der Waals surface area contributed by atoms with Crippen LogP contribution in [-0.4, -0.2) is 62.1 Å². The molecule has 0 aliphatic carbocycles. The number of hydrogen-bond donors (Lipinski definition) is 2. The van der Waals surface area contributed by atoms with Gasteiger partial charge in [-0.15, -0.1) is 0 Å². The zero-order valence-electron chi connectivity index (χ0n) is 17.2. The first-order valence-electron chi connectivity index (χ1n) is 10.2. The Morgan fingerprint density at radius 2 is 1.86 bits per heavy atom. The number of aliphatic imine (C=N–C) groups is 1. The number of rotatable bonds is 8. The zero-order chi connectivity index (χ0) is 21.1. The van der Waals surface area contributed by atoms with Crippen LogP contribution in [0.2, 0.25) is 0 Å². The molecule has 1 fully saturated rings. The second-order valence-electron chi connectivity index (χ2n) is 6.90. The Morgan fingerprint density at radius 1 is 1.17 bits per heavy atom. The van der Waals surface area contributed by atoms with E-state index in [1.165, 1.54) is 12.1 Å². The molecular formula is C21H31FN4O3. The van der Waals surface area contributed by atoms with Gasteiger partial charge in [0.2, 0.25) is 5.91 Å². The summed E-state index contributed by atoms with van der Waals surface area (Å²) < 4.78 is 18.0. The van der Waals surface area contributed by atoms with Gasteiger partial charge in [-0.3, -0.25) is 14.6 Å². The molecule has 2 rings (SSSR count). The molecule has 1 aliphatic rings. The Balaban J connectivity index is 1.76. The average molecular weight is 407 g/mol. The number of ether oxygens (including phenoxy) is 1. The summed E-state index contributed by atoms with van der Waals surface area (Å²) in [6, 6.07) is 5.91. The van der Waals surface area contributed by atoms with Gasteiger partial charge < -0.3 is 20.3 Å². The minimum atomic E-state index is -0.314. The van der Waals surface area contributed by atoms with Crippen LogP contribution in [0, 0.1) is 11.7 Å². The summed E-state index contributed by atoms with van der Waals surface area (Å²) in [6.07, 6.45) is 1.71. The number of guanidine groups is 1. The second-order valence-corrected chi connectivity index (χ2v) is 6.90. The summed E-state index contributed by atoms with van der Waals surface area (Å²) in [5, 5.41) is 6.10. The van der Waals surface area contributed by atoms with E-state index in [-0.39, 0.29) is 30.0 Å². The van der Waals surface area contributed by atoms with Crippen molar-refractivity contribution in [2.75, 3.05) is 39.3 Å². The van der Waals surface area contributed by atoms with Crippen molar-refractivity contribution >= 4 is 17.8 Å². The van der Waals surface area contributed by atoms with E-state index in [1.807, 2.05) is 13.8 Å². The Morgan fingerprint density at radius 3 is 2.48 bits per heavy atom. The summed E-state index contributed by atoms with van der Waals surface area (Å²) in [6.45, 7) is 7.35. The number of piperidine rings is 1. The monoisotopic (exact) mass is 406 g/mol. The number of nitrogens with zero attached hydrogens (tertiary/aromatic N) is 2. The number of nitrogens with one attached hydrogen (secondary N) is 2. The Bertz CT molecular complexity index is 686. The van der Waals surface area contributed by atoms with Gasteiger partial charge >= 0.3 is 5.97 Å². The molecule has 0 atom stereocenters. The molecule has 1 heterocycles. The molecule has 29 heavy (non-hydrogen) atoms. The standard InChI is InChI=1S/C21H31FN4O3/c1-3-23-21(26-13-9-17(10-14-26)20(28)29-4-2)25-12-11-24-19(27)15-16-5-7-18(22)8-6-16/h5-8,17H,3-4,9-15H2,1-2H3,(H,23,25)(H,24,27). The molecule has 0 unspecified atom stereocenters. The van der Waals surface area contributed by atoms with E-state index in [2.05, 4.69) is 20.5 Å². The number of benzene rings is 1. The molecule has 1 aromatic carbocycles. The molecule has 1 aliphatic heterocycles. The van der Waals surface area contributed by atoms with Crippen molar-refractivity contribution in [2.24, 2.45) is 10.9 Å². The Kier molecular flexibility index (Phi) is 9.40. The molecule has 7 nitrogen and oxygen atoms in total. The van der Waals surface area contributed by atoms with Crippen molar-refractivity contribution in [3.05, 3.63) is 35.6 Å². The van der Waals surface area contributed by atoms with Crippen molar-refractivity contribution in [1.82, 2.24) is 15.5 Å². The summed E-state index contributed by atoms with van der Waals surface area (Å²) in [5.41, 5.74) is 0.769. The summed E-state index contributed by atoms with van der Waals surface area (Å²) in [7, 11) is 0. The molecule has 0 aromatic heterocycles. The fourth-order valence-electron chi connectivity index (χ4n) is 3.22. The average Bonchev–Trinajstić information content (AvgIpc) is 2.72. The quantitative estimate of drug-likeness (QED) is 0.297. The minimum Gasteiger partial charge on any atom is -0.466 e. The third-order valence-electron chi connectivity index (χ3n) is 4.72. The van der Waals surface area contributed by atoms with Crippen LogP contribution in [0.4, 0.5) is 4.39 Å². The minimum absolute atomic E-state index is 0.0418. The molecule has 1 aromatic rings. The van der Waals surface area contributed by atoms with E-state index in [0.717, 1.165) is 44.0 Å². The van der Waals surface area contributed by atoms with Crippen molar-refractivity contribution in [3.8, 4) is 0 Å². The van der Waals surface area contributed by atoms with Crippen molar-refractivity contribution < 1.29 is 18.7 Å². The van der Waals surface area contributed by atoms with Crippen LogP contribution in [0.15, 0.2) is 29.3 Å². The molecule has 0 bridgehead atoms. The van der Waals surface area contributed by atoms with Crippen molar-refractivity contribution in [2.45, 2.75) is 33.1 Å². The highest BCUT2D eigenvalue weighted by molar-refractivity contribution is 5.81. The Hall–Kier alpha value is -2.64. The number of amides is 1. The van der Waals surface area contributed by atoms with Crippen molar-refractivity contribution in [3.63, 3.8) is 0 Å². The van der Waals surface area contributed by atoms with Crippen molar-refractivity contribution in [1.29, 1.82) is 0 Å². The van der Waals surface area contributed by atoms with Crippen LogP contribution < -0.4 is 10.6 Å². The van der Waals surface area contributed by atoms with Crippen LogP contribution in [0.25, 0.3) is 0 Å². The molecular weight excluding hydrogens is 375 g/mol. The molecule has 1 amide bonds. The number of halogens is 1. The molecule has 2 N–H and O–H groups in total. The highest BCUT2D eigenvalue weighted by Gasteiger charge is 2.27. The largest absolute Gasteiger partial charge is 0.466 e. The summed E-state index contributed by atoms with van der Waals surface area (Å²) in [5.74, 6) is 0.207. The van der Waals surface area contributed by atoms with Gasteiger partial charge in [0.05, 0.1) is 25.5 Å². The third kappa shape index (κ3) is 7.71. The molecule has 0 spiro atoms. The summed E-state index contributed by atoms with van der Waals surface area (Å²) in [4.78, 5) is 30.6. The normalized spacial score (nSPS) is 15.1. The van der Waals surface area contributed by atoms with E-state index >= 15 is 0 Å². The van der Waals surface area contributed by atoms with Gasteiger partial charge in [0.15, 0.2) is 5.96 Å². The van der Waals surface area contributed by atoms with Gasteiger partial charge in [0, 0.05) is 26.2 Å². The van der Waals surface area contributed by atoms with Crippen LogP contribution >= 0.6 is 0 Å². The predicted molar refractivity (Wildman–Crippen MR) is 110 cm³/mol. The number of likely N-dealkylation sites (tertiary alicyclic amines) is 1. The third-order valence-corrected chi connectivity index (χ3v) is 4.72. The first kappa shape index (κ1) is 22.6. The molecule has 160 valence electrons. The number of carbonyl (C=O) groups is 2. The second kappa shape index (κ2) is 12.0. The predicted octanol–water partition coefficient (Wildman–Crippen LogP) is 1.72.